The van der Waals surface area contributed by atoms with Crippen LogP contribution < -0.4 is 9.62 Å². The van der Waals surface area contributed by atoms with Crippen LogP contribution in [-0.2, 0) is 14.8 Å². The average molecular weight is 421 g/mol. The molecule has 0 heterocycles. The molecule has 1 amide bonds. The molecule has 1 N–H and O–H groups in total. The Balaban J connectivity index is 1.62. The summed E-state index contributed by atoms with van der Waals surface area (Å²) in [5.41, 5.74) is 0.535. The molecular weight excluding hydrogens is 392 g/mol. The zero-order chi connectivity index (χ0) is 20.0. The van der Waals surface area contributed by atoms with Gasteiger partial charge in [-0.05, 0) is 24.3 Å². The van der Waals surface area contributed by atoms with Crippen LogP contribution in [0.3, 0.4) is 0 Å². The minimum Gasteiger partial charge on any atom is -0.354 e. The van der Waals surface area contributed by atoms with Crippen molar-refractivity contribution in [3.63, 3.8) is 0 Å². The number of carbonyl (C=O) groups excluding carboxylic acids is 1. The van der Waals surface area contributed by atoms with Gasteiger partial charge in [0.1, 0.15) is 6.54 Å². The van der Waals surface area contributed by atoms with Crippen LogP contribution in [0.5, 0.6) is 0 Å². The lowest BCUT2D eigenvalue weighted by Crippen LogP contribution is -2.41. The summed E-state index contributed by atoms with van der Waals surface area (Å²) in [6, 6.07) is 13.1. The van der Waals surface area contributed by atoms with Crippen LogP contribution in [0, 0.1) is 0 Å². The highest BCUT2D eigenvalue weighted by Crippen LogP contribution is 2.29. The standard InChI is InChI=1S/C21H28N2O3S2/c1-28(25,26)23(20-13-7-9-17-8-5-6-12-19(17)20)16-21(24)22-14-15-27-18-10-3-2-4-11-18/h5-9,12-13,18H,2-4,10-11,14-16H2,1H3,(H,22,24). The number of hydrogen-bond acceptors (Lipinski definition) is 4. The van der Waals surface area contributed by atoms with Crippen LogP contribution in [0.2, 0.25) is 0 Å². The first-order valence-electron chi connectivity index (χ1n) is 9.79. The van der Waals surface area contributed by atoms with Crippen molar-refractivity contribution in [2.45, 2.75) is 37.4 Å². The average Bonchev–Trinajstić information content (AvgIpc) is 2.69. The monoisotopic (exact) mass is 420 g/mol. The molecule has 0 bridgehead atoms. The molecule has 1 aliphatic rings. The molecule has 0 radical (unpaired) electrons. The Labute approximate surface area is 171 Å². The second-order valence-corrected chi connectivity index (χ2v) is 10.6. The van der Waals surface area contributed by atoms with Crippen LogP contribution in [0.25, 0.3) is 10.8 Å². The maximum absolute atomic E-state index is 12.4. The first-order valence-corrected chi connectivity index (χ1v) is 12.7. The third-order valence-electron chi connectivity index (χ3n) is 5.05. The summed E-state index contributed by atoms with van der Waals surface area (Å²) in [5.74, 6) is 0.589. The van der Waals surface area contributed by atoms with Gasteiger partial charge in [-0.1, -0.05) is 55.7 Å². The molecule has 1 fully saturated rings. The minimum atomic E-state index is -3.58. The lowest BCUT2D eigenvalue weighted by atomic mass is 10.0. The molecule has 7 heteroatoms. The first-order chi connectivity index (χ1) is 13.4. The number of nitrogens with zero attached hydrogens (tertiary/aromatic N) is 1. The molecule has 0 saturated heterocycles. The number of carbonyl (C=O) groups is 1. The quantitative estimate of drug-likeness (QED) is 0.660. The van der Waals surface area contributed by atoms with E-state index in [0.717, 1.165) is 22.8 Å². The SMILES string of the molecule is CS(=O)(=O)N(CC(=O)NCCSC1CCCCC1)c1cccc2ccccc12. The van der Waals surface area contributed by atoms with Crippen molar-refractivity contribution >= 4 is 44.2 Å². The van der Waals surface area contributed by atoms with Crippen LogP contribution in [-0.4, -0.2) is 44.7 Å². The van der Waals surface area contributed by atoms with Gasteiger partial charge in [-0.2, -0.15) is 11.8 Å². The molecule has 5 nitrogen and oxygen atoms in total. The van der Waals surface area contributed by atoms with Gasteiger partial charge in [0, 0.05) is 22.9 Å². The fourth-order valence-corrected chi connectivity index (χ4v) is 5.73. The zero-order valence-corrected chi connectivity index (χ0v) is 17.9. The van der Waals surface area contributed by atoms with Gasteiger partial charge < -0.3 is 5.32 Å². The normalized spacial score (nSPS) is 15.5. The van der Waals surface area contributed by atoms with Crippen LogP contribution in [0.15, 0.2) is 42.5 Å². The van der Waals surface area contributed by atoms with E-state index in [-0.39, 0.29) is 12.5 Å². The van der Waals surface area contributed by atoms with E-state index in [1.54, 1.807) is 6.07 Å². The molecule has 0 spiro atoms. The summed E-state index contributed by atoms with van der Waals surface area (Å²) in [7, 11) is -3.58. The Morgan fingerprint density at radius 2 is 1.82 bits per heavy atom. The Morgan fingerprint density at radius 1 is 1.11 bits per heavy atom. The van der Waals surface area contributed by atoms with Crippen LogP contribution >= 0.6 is 11.8 Å². The largest absolute Gasteiger partial charge is 0.354 e. The second kappa shape index (κ2) is 9.65. The Bertz CT molecular complexity index is 904. The van der Waals surface area contributed by atoms with E-state index in [0.29, 0.717) is 17.5 Å². The van der Waals surface area contributed by atoms with E-state index in [1.807, 2.05) is 48.2 Å². The predicted octanol–water partition coefficient (Wildman–Crippen LogP) is 3.79. The molecule has 3 rings (SSSR count). The Hall–Kier alpha value is -1.73. The van der Waals surface area contributed by atoms with E-state index in [9.17, 15) is 13.2 Å². The fourth-order valence-electron chi connectivity index (χ4n) is 3.64. The number of fused-ring (bicyclic) bond motifs is 1. The van der Waals surface area contributed by atoms with Gasteiger partial charge in [-0.15, -0.1) is 0 Å². The van der Waals surface area contributed by atoms with E-state index in [1.165, 1.54) is 36.4 Å². The second-order valence-electron chi connectivity index (χ2n) is 7.25. The summed E-state index contributed by atoms with van der Waals surface area (Å²) in [6.07, 6.45) is 7.62. The Kier molecular flexibility index (Phi) is 7.24. The van der Waals surface area contributed by atoms with E-state index >= 15 is 0 Å². The smallest absolute Gasteiger partial charge is 0.240 e. The topological polar surface area (TPSA) is 66.5 Å². The number of thioether (sulfide) groups is 1. The predicted molar refractivity (Wildman–Crippen MR) is 118 cm³/mol. The van der Waals surface area contributed by atoms with Crippen molar-refractivity contribution in [3.8, 4) is 0 Å². The van der Waals surface area contributed by atoms with E-state index < -0.39 is 10.0 Å². The van der Waals surface area contributed by atoms with Crippen molar-refractivity contribution < 1.29 is 13.2 Å². The highest BCUT2D eigenvalue weighted by atomic mass is 32.2. The fraction of sp³-hybridized carbons (Fsp3) is 0.476. The lowest BCUT2D eigenvalue weighted by Gasteiger charge is -2.24. The molecule has 1 aliphatic carbocycles. The molecule has 2 aromatic rings. The molecule has 28 heavy (non-hydrogen) atoms. The van der Waals surface area contributed by atoms with Gasteiger partial charge in [0.25, 0.3) is 0 Å². The van der Waals surface area contributed by atoms with Crippen molar-refractivity contribution in [1.82, 2.24) is 5.32 Å². The van der Waals surface area contributed by atoms with Gasteiger partial charge in [0.15, 0.2) is 0 Å². The molecule has 152 valence electrons. The van der Waals surface area contributed by atoms with Gasteiger partial charge >= 0.3 is 0 Å². The van der Waals surface area contributed by atoms with Gasteiger partial charge in [0.05, 0.1) is 11.9 Å². The number of hydrogen-bond donors (Lipinski definition) is 1. The van der Waals surface area contributed by atoms with Crippen molar-refractivity contribution in [2.24, 2.45) is 0 Å². The number of rotatable bonds is 8. The molecular formula is C21H28N2O3S2. The third-order valence-corrected chi connectivity index (χ3v) is 7.56. The maximum Gasteiger partial charge on any atom is 0.240 e. The van der Waals surface area contributed by atoms with Gasteiger partial charge in [-0.25, -0.2) is 8.42 Å². The maximum atomic E-state index is 12.4. The van der Waals surface area contributed by atoms with Crippen molar-refractivity contribution in [3.05, 3.63) is 42.5 Å². The number of amides is 1. The summed E-state index contributed by atoms with van der Waals surface area (Å²) in [5, 5.41) is 5.34. The summed E-state index contributed by atoms with van der Waals surface area (Å²) < 4.78 is 26.0. The number of sulfonamides is 1. The minimum absolute atomic E-state index is 0.207. The zero-order valence-electron chi connectivity index (χ0n) is 16.3. The first kappa shape index (κ1) is 21.0. The summed E-state index contributed by atoms with van der Waals surface area (Å²) in [6.45, 7) is 0.355. The number of anilines is 1. The highest BCUT2D eigenvalue weighted by Gasteiger charge is 2.22. The molecule has 0 aliphatic heterocycles. The van der Waals surface area contributed by atoms with Crippen molar-refractivity contribution in [1.29, 1.82) is 0 Å². The molecule has 1 saturated carbocycles. The Morgan fingerprint density at radius 3 is 2.57 bits per heavy atom. The molecule has 0 aromatic heterocycles. The number of benzene rings is 2. The van der Waals surface area contributed by atoms with E-state index in [4.69, 9.17) is 0 Å². The number of nitrogens with one attached hydrogen (secondary N) is 1. The van der Waals surface area contributed by atoms with Crippen LogP contribution in [0.1, 0.15) is 32.1 Å². The van der Waals surface area contributed by atoms with Gasteiger partial charge in [0.2, 0.25) is 15.9 Å². The van der Waals surface area contributed by atoms with Gasteiger partial charge in [-0.3, -0.25) is 9.10 Å². The molecule has 2 aromatic carbocycles. The van der Waals surface area contributed by atoms with E-state index in [2.05, 4.69) is 5.32 Å². The van der Waals surface area contributed by atoms with Crippen LogP contribution in [0.4, 0.5) is 5.69 Å². The third kappa shape index (κ3) is 5.64. The molecule has 0 unspecified atom stereocenters. The summed E-state index contributed by atoms with van der Waals surface area (Å²) in [4.78, 5) is 12.4. The molecule has 0 atom stereocenters. The lowest BCUT2D eigenvalue weighted by molar-refractivity contribution is -0.119. The highest BCUT2D eigenvalue weighted by molar-refractivity contribution is 7.99. The van der Waals surface area contributed by atoms with Crippen molar-refractivity contribution in [2.75, 3.05) is 29.4 Å². The summed E-state index contributed by atoms with van der Waals surface area (Å²) >= 11 is 1.92.